The van der Waals surface area contributed by atoms with Gasteiger partial charge in [0.15, 0.2) is 0 Å². The van der Waals surface area contributed by atoms with Crippen LogP contribution in [0.25, 0.3) is 0 Å². The van der Waals surface area contributed by atoms with E-state index in [0.29, 0.717) is 0 Å². The van der Waals surface area contributed by atoms with Crippen LogP contribution in [0.15, 0.2) is 33.9 Å². The molecule has 1 rings (SSSR count). The van der Waals surface area contributed by atoms with Gasteiger partial charge < -0.3 is 23.7 Å². The lowest BCUT2D eigenvalue weighted by molar-refractivity contribution is -0.141. The van der Waals surface area contributed by atoms with Crippen LogP contribution in [0.1, 0.15) is 19.8 Å². The number of ether oxygens (including phenoxy) is 5. The van der Waals surface area contributed by atoms with Crippen molar-refractivity contribution in [3.63, 3.8) is 0 Å². The van der Waals surface area contributed by atoms with Gasteiger partial charge in [-0.25, -0.2) is 24.0 Å². The molecule has 1 aliphatic rings. The molecule has 0 spiro atoms. The maximum absolute atomic E-state index is 12.6. The van der Waals surface area contributed by atoms with E-state index in [1.165, 1.54) is 0 Å². The standard InChI is InChI=1S/C19H22O10/c1-6-29-12(20)9-10-7-8-11(16(21)25-2)14(18(23)27-4)15(19(24)28-5)13(10)17(22)26-3/h9H,6-8H2,1-5H3/b10-9+. The van der Waals surface area contributed by atoms with E-state index >= 15 is 0 Å². The predicted octanol–water partition coefficient (Wildman–Crippen LogP) is 0.555. The highest BCUT2D eigenvalue weighted by Crippen LogP contribution is 2.35. The Bertz CT molecular complexity index is 813. The Balaban J connectivity index is 4.01. The zero-order valence-corrected chi connectivity index (χ0v) is 16.8. The van der Waals surface area contributed by atoms with E-state index in [9.17, 15) is 24.0 Å². The fourth-order valence-corrected chi connectivity index (χ4v) is 2.71. The van der Waals surface area contributed by atoms with Gasteiger partial charge in [-0.3, -0.25) is 0 Å². The summed E-state index contributed by atoms with van der Waals surface area (Å²) in [5.41, 5.74) is -1.67. The van der Waals surface area contributed by atoms with E-state index < -0.39 is 46.6 Å². The number of carbonyl (C=O) groups is 5. The first-order chi connectivity index (χ1) is 13.8. The zero-order chi connectivity index (χ0) is 22.1. The van der Waals surface area contributed by atoms with E-state index in [4.69, 9.17) is 23.7 Å². The number of hydrogen-bond acceptors (Lipinski definition) is 10. The molecule has 0 bridgehead atoms. The summed E-state index contributed by atoms with van der Waals surface area (Å²) < 4.78 is 23.7. The number of rotatable bonds is 6. The smallest absolute Gasteiger partial charge is 0.339 e. The fraction of sp³-hybridized carbons (Fsp3) is 0.421. The van der Waals surface area contributed by atoms with Crippen LogP contribution in [0.2, 0.25) is 0 Å². The largest absolute Gasteiger partial charge is 0.466 e. The molecule has 0 unspecified atom stereocenters. The molecule has 1 aliphatic carbocycles. The van der Waals surface area contributed by atoms with Gasteiger partial charge in [0.2, 0.25) is 0 Å². The van der Waals surface area contributed by atoms with Gasteiger partial charge in [-0.2, -0.15) is 0 Å². The van der Waals surface area contributed by atoms with E-state index in [0.717, 1.165) is 34.5 Å². The summed E-state index contributed by atoms with van der Waals surface area (Å²) in [6.07, 6.45) is 0.784. The first-order valence-electron chi connectivity index (χ1n) is 8.45. The third-order valence-corrected chi connectivity index (χ3v) is 3.95. The van der Waals surface area contributed by atoms with Crippen molar-refractivity contribution < 1.29 is 47.7 Å². The molecule has 0 amide bonds. The topological polar surface area (TPSA) is 132 Å². The molecular weight excluding hydrogens is 388 g/mol. The van der Waals surface area contributed by atoms with Gasteiger partial charge in [-0.15, -0.1) is 0 Å². The van der Waals surface area contributed by atoms with Crippen molar-refractivity contribution in [2.45, 2.75) is 19.8 Å². The molecule has 29 heavy (non-hydrogen) atoms. The highest BCUT2D eigenvalue weighted by Gasteiger charge is 2.38. The molecule has 0 N–H and O–H groups in total. The molecule has 0 heterocycles. The summed E-state index contributed by atoms with van der Waals surface area (Å²) >= 11 is 0. The minimum absolute atomic E-state index is 0.0241. The normalized spacial score (nSPS) is 15.4. The van der Waals surface area contributed by atoms with Crippen molar-refractivity contribution in [3.8, 4) is 0 Å². The van der Waals surface area contributed by atoms with Crippen molar-refractivity contribution in [2.24, 2.45) is 0 Å². The third-order valence-electron chi connectivity index (χ3n) is 3.95. The Morgan fingerprint density at radius 1 is 0.724 bits per heavy atom. The van der Waals surface area contributed by atoms with Crippen LogP contribution in [0.3, 0.4) is 0 Å². The van der Waals surface area contributed by atoms with Gasteiger partial charge in [-0.1, -0.05) is 0 Å². The molecule has 0 radical (unpaired) electrons. The number of hydrogen-bond donors (Lipinski definition) is 0. The van der Waals surface area contributed by atoms with Crippen LogP contribution < -0.4 is 0 Å². The molecule has 10 nitrogen and oxygen atoms in total. The molecule has 10 heteroatoms. The number of carbonyl (C=O) groups excluding carboxylic acids is 5. The highest BCUT2D eigenvalue weighted by molar-refractivity contribution is 6.17. The lowest BCUT2D eigenvalue weighted by atomic mass is 9.94. The van der Waals surface area contributed by atoms with Crippen LogP contribution in [0.5, 0.6) is 0 Å². The Labute approximate surface area is 167 Å². The van der Waals surface area contributed by atoms with Crippen molar-refractivity contribution >= 4 is 29.8 Å². The van der Waals surface area contributed by atoms with E-state index in [1.54, 1.807) is 6.92 Å². The Morgan fingerprint density at radius 3 is 1.69 bits per heavy atom. The summed E-state index contributed by atoms with van der Waals surface area (Å²) in [6.45, 7) is 1.66. The van der Waals surface area contributed by atoms with Gasteiger partial charge in [0.25, 0.3) is 0 Å². The lowest BCUT2D eigenvalue weighted by Crippen LogP contribution is -2.23. The molecular formula is C19H22O10. The quantitative estimate of drug-likeness (QED) is 0.347. The van der Waals surface area contributed by atoms with E-state index in [-0.39, 0.29) is 30.6 Å². The van der Waals surface area contributed by atoms with E-state index in [1.807, 2.05) is 0 Å². The number of methoxy groups -OCH3 is 4. The zero-order valence-electron chi connectivity index (χ0n) is 16.8. The molecule has 0 saturated heterocycles. The van der Waals surface area contributed by atoms with Crippen molar-refractivity contribution in [1.82, 2.24) is 0 Å². The molecule has 0 aromatic carbocycles. The second kappa shape index (κ2) is 10.8. The maximum atomic E-state index is 12.6. The minimum atomic E-state index is -1.11. The third kappa shape index (κ3) is 5.31. The Kier molecular flexibility index (Phi) is 8.78. The van der Waals surface area contributed by atoms with Crippen molar-refractivity contribution in [3.05, 3.63) is 33.9 Å². The summed E-state index contributed by atoms with van der Waals surface area (Å²) in [5.74, 6) is -4.88. The van der Waals surface area contributed by atoms with Crippen molar-refractivity contribution in [1.29, 1.82) is 0 Å². The molecule has 0 aliphatic heterocycles. The molecule has 0 atom stereocenters. The van der Waals surface area contributed by atoms with Crippen LogP contribution in [0.4, 0.5) is 0 Å². The second-order valence-electron chi connectivity index (χ2n) is 5.49. The fourth-order valence-electron chi connectivity index (χ4n) is 2.71. The summed E-state index contributed by atoms with van der Waals surface area (Å²) in [5, 5.41) is 0. The predicted molar refractivity (Wildman–Crippen MR) is 96.1 cm³/mol. The van der Waals surface area contributed by atoms with Crippen LogP contribution in [-0.2, 0) is 47.7 Å². The Morgan fingerprint density at radius 2 is 1.21 bits per heavy atom. The van der Waals surface area contributed by atoms with E-state index in [2.05, 4.69) is 0 Å². The first-order valence-corrected chi connectivity index (χ1v) is 8.45. The van der Waals surface area contributed by atoms with Crippen LogP contribution >= 0.6 is 0 Å². The highest BCUT2D eigenvalue weighted by atomic mass is 16.5. The second-order valence-corrected chi connectivity index (χ2v) is 5.49. The maximum Gasteiger partial charge on any atom is 0.339 e. The van der Waals surface area contributed by atoms with Crippen molar-refractivity contribution in [2.75, 3.05) is 35.0 Å². The van der Waals surface area contributed by atoms with Crippen LogP contribution in [-0.4, -0.2) is 64.9 Å². The molecule has 0 aromatic heterocycles. The first kappa shape index (κ1) is 23.6. The molecule has 0 aromatic rings. The monoisotopic (exact) mass is 410 g/mol. The summed E-state index contributed by atoms with van der Waals surface area (Å²) in [6, 6.07) is 0. The molecule has 0 saturated carbocycles. The molecule has 0 fully saturated rings. The SMILES string of the molecule is CCOC(=O)/C=C1\CCC(C(=O)OC)=C(C(=O)OC)C(C(=O)OC)=C1C(=O)OC. The summed E-state index contributed by atoms with van der Waals surface area (Å²) in [7, 11) is 4.21. The van der Waals surface area contributed by atoms with Gasteiger partial charge in [0.05, 0.1) is 57.3 Å². The van der Waals surface area contributed by atoms with Gasteiger partial charge in [-0.05, 0) is 25.3 Å². The average Bonchev–Trinajstić information content (AvgIpc) is 2.88. The van der Waals surface area contributed by atoms with Gasteiger partial charge in [0.1, 0.15) is 0 Å². The van der Waals surface area contributed by atoms with Gasteiger partial charge in [0, 0.05) is 6.08 Å². The lowest BCUT2D eigenvalue weighted by Gasteiger charge is -2.14. The number of esters is 5. The minimum Gasteiger partial charge on any atom is -0.466 e. The Hall–Kier alpha value is -3.43. The van der Waals surface area contributed by atoms with Gasteiger partial charge >= 0.3 is 29.8 Å². The average molecular weight is 410 g/mol. The van der Waals surface area contributed by atoms with Crippen LogP contribution in [0, 0.1) is 0 Å². The molecule has 158 valence electrons. The summed E-state index contributed by atoms with van der Waals surface area (Å²) in [4.78, 5) is 61.9.